The van der Waals surface area contributed by atoms with E-state index in [1.54, 1.807) is 6.07 Å². The summed E-state index contributed by atoms with van der Waals surface area (Å²) < 4.78 is 27.1. The third-order valence-corrected chi connectivity index (χ3v) is 5.59. The quantitative estimate of drug-likeness (QED) is 0.688. The second-order valence-corrected chi connectivity index (χ2v) is 9.98. The van der Waals surface area contributed by atoms with Crippen molar-refractivity contribution in [3.8, 4) is 0 Å². The van der Waals surface area contributed by atoms with Gasteiger partial charge in [-0.2, -0.15) is 0 Å². The smallest absolute Gasteiger partial charge is 0.399 e. The van der Waals surface area contributed by atoms with Gasteiger partial charge in [0.15, 0.2) is 0 Å². The highest BCUT2D eigenvalue weighted by Crippen LogP contribution is 2.38. The van der Waals surface area contributed by atoms with Crippen LogP contribution in [0.15, 0.2) is 18.2 Å². The van der Waals surface area contributed by atoms with Gasteiger partial charge in [-0.15, -0.1) is 0 Å². The monoisotopic (exact) mass is 348 g/mol. The molecule has 2 rings (SSSR count). The van der Waals surface area contributed by atoms with E-state index in [0.717, 1.165) is 17.4 Å². The van der Waals surface area contributed by atoms with Crippen LogP contribution in [0.4, 0.5) is 4.39 Å². The van der Waals surface area contributed by atoms with Crippen molar-refractivity contribution in [2.45, 2.75) is 85.9 Å². The van der Waals surface area contributed by atoms with Crippen molar-refractivity contribution in [2.75, 3.05) is 0 Å². The van der Waals surface area contributed by atoms with Gasteiger partial charge >= 0.3 is 7.12 Å². The van der Waals surface area contributed by atoms with E-state index in [2.05, 4.69) is 34.6 Å². The van der Waals surface area contributed by atoms with Crippen LogP contribution in [0.5, 0.6) is 0 Å². The normalized spacial score (nSPS) is 21.0. The van der Waals surface area contributed by atoms with Gasteiger partial charge in [-0.3, -0.25) is 0 Å². The maximum Gasteiger partial charge on any atom is 0.494 e. The summed E-state index contributed by atoms with van der Waals surface area (Å²) in [5.41, 5.74) is 0.869. The van der Waals surface area contributed by atoms with Crippen molar-refractivity contribution >= 4 is 12.6 Å². The summed E-state index contributed by atoms with van der Waals surface area (Å²) in [6.07, 6.45) is 0.956. The lowest BCUT2D eigenvalue weighted by Crippen LogP contribution is -2.41. The topological polar surface area (TPSA) is 18.5 Å². The van der Waals surface area contributed by atoms with Gasteiger partial charge in [-0.1, -0.05) is 46.8 Å². The zero-order valence-corrected chi connectivity index (χ0v) is 17.4. The molecule has 1 aliphatic heterocycles. The Balaban J connectivity index is 2.29. The average Bonchev–Trinajstić information content (AvgIpc) is 2.64. The molecule has 0 radical (unpaired) electrons. The molecule has 1 fully saturated rings. The maximum atomic E-state index is 15.0. The van der Waals surface area contributed by atoms with E-state index in [1.165, 1.54) is 0 Å². The first-order chi connectivity index (χ1) is 11.2. The lowest BCUT2D eigenvalue weighted by molar-refractivity contribution is 0.00578. The largest absolute Gasteiger partial charge is 0.494 e. The molecule has 25 heavy (non-hydrogen) atoms. The second-order valence-electron chi connectivity index (χ2n) is 9.98. The number of benzene rings is 1. The molecule has 2 nitrogen and oxygen atoms in total. The SMILES string of the molecule is CC(C)C(CC(C)(C)C)c1ccc(B2OC(C)(C)C(C)(C)O2)cc1F. The van der Waals surface area contributed by atoms with E-state index in [0.29, 0.717) is 5.92 Å². The van der Waals surface area contributed by atoms with Crippen LogP contribution in [0.25, 0.3) is 0 Å². The molecule has 1 heterocycles. The first-order valence-electron chi connectivity index (χ1n) is 9.38. The van der Waals surface area contributed by atoms with Gasteiger partial charge in [-0.05, 0) is 68.5 Å². The lowest BCUT2D eigenvalue weighted by Gasteiger charge is -2.32. The van der Waals surface area contributed by atoms with Crippen molar-refractivity contribution in [1.29, 1.82) is 0 Å². The molecule has 1 aromatic rings. The minimum atomic E-state index is -0.520. The van der Waals surface area contributed by atoms with Crippen molar-refractivity contribution in [2.24, 2.45) is 11.3 Å². The first-order valence-corrected chi connectivity index (χ1v) is 9.38. The van der Waals surface area contributed by atoms with Crippen LogP contribution in [0.1, 0.15) is 80.2 Å². The fourth-order valence-electron chi connectivity index (χ4n) is 3.33. The summed E-state index contributed by atoms with van der Waals surface area (Å²) in [5.74, 6) is 0.430. The lowest BCUT2D eigenvalue weighted by atomic mass is 9.74. The van der Waals surface area contributed by atoms with Gasteiger partial charge < -0.3 is 9.31 Å². The third-order valence-electron chi connectivity index (χ3n) is 5.59. The highest BCUT2D eigenvalue weighted by molar-refractivity contribution is 6.62. The minimum Gasteiger partial charge on any atom is -0.399 e. The summed E-state index contributed by atoms with van der Waals surface area (Å²) in [6.45, 7) is 19.0. The Bertz CT molecular complexity index is 601. The molecule has 4 heteroatoms. The molecular formula is C21H34BFO2. The molecule has 0 N–H and O–H groups in total. The standard InChI is InChI=1S/C21H34BFO2/c1-14(2)17(13-19(3,4)5)16-11-10-15(12-18(16)23)22-24-20(6,7)21(8,9)25-22/h10-12,14,17H,13H2,1-9H3. The summed E-state index contributed by atoms with van der Waals surface area (Å²) >= 11 is 0. The molecule has 0 bridgehead atoms. The van der Waals surface area contributed by atoms with Gasteiger partial charge in [0, 0.05) is 0 Å². The van der Waals surface area contributed by atoms with E-state index in [-0.39, 0.29) is 17.2 Å². The van der Waals surface area contributed by atoms with E-state index in [4.69, 9.17) is 9.31 Å². The van der Waals surface area contributed by atoms with E-state index in [9.17, 15) is 4.39 Å². The first kappa shape index (κ1) is 20.4. The molecule has 1 saturated heterocycles. The van der Waals surface area contributed by atoms with Crippen molar-refractivity contribution < 1.29 is 13.7 Å². The van der Waals surface area contributed by atoms with Crippen LogP contribution >= 0.6 is 0 Å². The Hall–Kier alpha value is -0.865. The van der Waals surface area contributed by atoms with Crippen LogP contribution < -0.4 is 5.46 Å². The predicted molar refractivity (Wildman–Crippen MR) is 104 cm³/mol. The van der Waals surface area contributed by atoms with Crippen molar-refractivity contribution in [3.05, 3.63) is 29.6 Å². The number of rotatable bonds is 4. The predicted octanol–water partition coefficient (Wildman–Crippen LogP) is 5.30. The number of halogens is 1. The van der Waals surface area contributed by atoms with E-state index >= 15 is 0 Å². The fraction of sp³-hybridized carbons (Fsp3) is 0.714. The van der Waals surface area contributed by atoms with Crippen molar-refractivity contribution in [1.82, 2.24) is 0 Å². The maximum absolute atomic E-state index is 15.0. The highest BCUT2D eigenvalue weighted by atomic mass is 19.1. The Kier molecular flexibility index (Phi) is 5.48. The molecule has 1 aromatic carbocycles. The van der Waals surface area contributed by atoms with Crippen molar-refractivity contribution in [3.63, 3.8) is 0 Å². The Morgan fingerprint density at radius 1 is 1.04 bits per heavy atom. The van der Waals surface area contributed by atoms with Crippen LogP contribution in [0.2, 0.25) is 0 Å². The average molecular weight is 348 g/mol. The zero-order chi connectivity index (χ0) is 19.2. The molecule has 0 saturated carbocycles. The fourth-order valence-corrected chi connectivity index (χ4v) is 3.33. The number of hydrogen-bond donors (Lipinski definition) is 0. The summed E-state index contributed by atoms with van der Waals surface area (Å²) in [6, 6.07) is 5.47. The summed E-state index contributed by atoms with van der Waals surface area (Å²) in [5, 5.41) is 0. The van der Waals surface area contributed by atoms with E-state index < -0.39 is 18.3 Å². The van der Waals surface area contributed by atoms with Crippen LogP contribution in [-0.2, 0) is 9.31 Å². The van der Waals surface area contributed by atoms with Gasteiger partial charge in [-0.25, -0.2) is 4.39 Å². The minimum absolute atomic E-state index is 0.157. The zero-order valence-electron chi connectivity index (χ0n) is 17.4. The molecule has 1 atom stereocenters. The van der Waals surface area contributed by atoms with E-state index in [1.807, 2.05) is 39.8 Å². The Morgan fingerprint density at radius 2 is 1.56 bits per heavy atom. The molecule has 1 aliphatic rings. The van der Waals surface area contributed by atoms with Crippen LogP contribution in [0, 0.1) is 17.2 Å². The Labute approximate surface area is 153 Å². The molecule has 140 valence electrons. The van der Waals surface area contributed by atoms with Crippen LogP contribution in [0.3, 0.4) is 0 Å². The summed E-state index contributed by atoms with van der Waals surface area (Å²) in [4.78, 5) is 0. The molecule has 0 spiro atoms. The Morgan fingerprint density at radius 3 is 1.96 bits per heavy atom. The second kappa shape index (κ2) is 6.70. The van der Waals surface area contributed by atoms with Gasteiger partial charge in [0.05, 0.1) is 11.2 Å². The third kappa shape index (κ3) is 4.46. The molecule has 0 aliphatic carbocycles. The summed E-state index contributed by atoms with van der Waals surface area (Å²) in [7, 11) is -0.520. The molecular weight excluding hydrogens is 314 g/mol. The molecule has 0 aromatic heterocycles. The molecule has 1 unspecified atom stereocenters. The van der Waals surface area contributed by atoms with Gasteiger partial charge in [0.2, 0.25) is 0 Å². The highest BCUT2D eigenvalue weighted by Gasteiger charge is 2.51. The number of hydrogen-bond acceptors (Lipinski definition) is 2. The van der Waals surface area contributed by atoms with Crippen LogP contribution in [-0.4, -0.2) is 18.3 Å². The molecule has 0 amide bonds. The van der Waals surface area contributed by atoms with Gasteiger partial charge in [0.1, 0.15) is 5.82 Å². The van der Waals surface area contributed by atoms with Gasteiger partial charge in [0.25, 0.3) is 0 Å².